The molecule has 0 aromatic heterocycles. The van der Waals surface area contributed by atoms with Crippen LogP contribution >= 0.6 is 15.9 Å². The quantitative estimate of drug-likeness (QED) is 0.415. The molecule has 0 amide bonds. The SMILES string of the molecule is COC(=O)CCC(Br)C(C)O[Si](C)(C)C(C)(C)C. The van der Waals surface area contributed by atoms with Crippen molar-refractivity contribution in [3.8, 4) is 0 Å². The van der Waals surface area contributed by atoms with Crippen LogP contribution in [0.1, 0.15) is 40.5 Å². The van der Waals surface area contributed by atoms with Crippen molar-refractivity contribution < 1.29 is 14.0 Å². The number of carbonyl (C=O) groups is 1. The Balaban J connectivity index is 4.32. The second-order valence-electron chi connectivity index (χ2n) is 6.21. The number of rotatable bonds is 6. The van der Waals surface area contributed by atoms with Crippen LogP contribution in [0.2, 0.25) is 18.1 Å². The molecular weight excluding hydrogens is 312 g/mol. The maximum atomic E-state index is 11.1. The van der Waals surface area contributed by atoms with Crippen molar-refractivity contribution in [3.05, 3.63) is 0 Å². The van der Waals surface area contributed by atoms with Crippen molar-refractivity contribution >= 4 is 30.2 Å². The van der Waals surface area contributed by atoms with E-state index in [4.69, 9.17) is 4.43 Å². The van der Waals surface area contributed by atoms with Gasteiger partial charge in [0.2, 0.25) is 0 Å². The Bertz CT molecular complexity index is 274. The Morgan fingerprint density at radius 1 is 1.33 bits per heavy atom. The summed E-state index contributed by atoms with van der Waals surface area (Å²) in [7, 11) is -0.324. The minimum Gasteiger partial charge on any atom is -0.469 e. The second-order valence-corrected chi connectivity index (χ2v) is 12.1. The molecule has 0 aliphatic carbocycles. The van der Waals surface area contributed by atoms with Crippen molar-refractivity contribution in [2.75, 3.05) is 7.11 Å². The van der Waals surface area contributed by atoms with Crippen LogP contribution in [-0.2, 0) is 14.0 Å². The molecule has 3 nitrogen and oxygen atoms in total. The normalized spacial score (nSPS) is 16.2. The van der Waals surface area contributed by atoms with E-state index in [-0.39, 0.29) is 21.9 Å². The smallest absolute Gasteiger partial charge is 0.305 e. The fourth-order valence-electron chi connectivity index (χ4n) is 1.31. The molecule has 0 spiro atoms. The van der Waals surface area contributed by atoms with Gasteiger partial charge in [-0.2, -0.15) is 0 Å². The highest BCUT2D eigenvalue weighted by molar-refractivity contribution is 9.09. The lowest BCUT2D eigenvalue weighted by Gasteiger charge is -2.39. The highest BCUT2D eigenvalue weighted by atomic mass is 79.9. The van der Waals surface area contributed by atoms with E-state index in [0.717, 1.165) is 6.42 Å². The molecule has 0 saturated heterocycles. The number of ether oxygens (including phenoxy) is 1. The first-order chi connectivity index (χ1) is 8.01. The van der Waals surface area contributed by atoms with Crippen LogP contribution in [0.5, 0.6) is 0 Å². The molecule has 0 radical (unpaired) electrons. The van der Waals surface area contributed by atoms with Crippen molar-refractivity contribution in [1.29, 1.82) is 0 Å². The van der Waals surface area contributed by atoms with E-state index >= 15 is 0 Å². The molecule has 0 heterocycles. The summed E-state index contributed by atoms with van der Waals surface area (Å²) in [6.07, 6.45) is 1.27. The van der Waals surface area contributed by atoms with Crippen molar-refractivity contribution in [2.45, 2.75) is 69.6 Å². The zero-order chi connectivity index (χ0) is 14.6. The first-order valence-electron chi connectivity index (χ1n) is 6.40. The summed E-state index contributed by atoms with van der Waals surface area (Å²) >= 11 is 3.61. The van der Waals surface area contributed by atoms with E-state index in [1.807, 2.05) is 0 Å². The molecule has 0 aliphatic rings. The van der Waals surface area contributed by atoms with E-state index in [1.54, 1.807) is 0 Å². The van der Waals surface area contributed by atoms with Gasteiger partial charge < -0.3 is 9.16 Å². The molecule has 0 rings (SSSR count). The first-order valence-corrected chi connectivity index (χ1v) is 10.2. The monoisotopic (exact) mass is 338 g/mol. The largest absolute Gasteiger partial charge is 0.469 e. The first kappa shape index (κ1) is 18.1. The van der Waals surface area contributed by atoms with Gasteiger partial charge in [0.25, 0.3) is 0 Å². The van der Waals surface area contributed by atoms with E-state index in [2.05, 4.69) is 61.5 Å². The number of methoxy groups -OCH3 is 1. The Morgan fingerprint density at radius 3 is 2.22 bits per heavy atom. The van der Waals surface area contributed by atoms with Crippen LogP contribution in [0.4, 0.5) is 0 Å². The van der Waals surface area contributed by atoms with Crippen molar-refractivity contribution in [2.24, 2.45) is 0 Å². The summed E-state index contributed by atoms with van der Waals surface area (Å²) in [5.41, 5.74) is 0. The van der Waals surface area contributed by atoms with Crippen molar-refractivity contribution in [1.82, 2.24) is 0 Å². The van der Waals surface area contributed by atoms with Gasteiger partial charge in [0.15, 0.2) is 8.32 Å². The topological polar surface area (TPSA) is 35.5 Å². The van der Waals surface area contributed by atoms with Gasteiger partial charge in [0.05, 0.1) is 13.2 Å². The number of hydrogen-bond donors (Lipinski definition) is 0. The number of halogens is 1. The average Bonchev–Trinajstić information content (AvgIpc) is 2.22. The average molecular weight is 339 g/mol. The number of alkyl halides is 1. The summed E-state index contributed by atoms with van der Waals surface area (Å²) in [5, 5.41) is 0.205. The predicted octanol–water partition coefficient (Wildman–Crippen LogP) is 4.11. The summed E-state index contributed by atoms with van der Waals surface area (Å²) in [4.78, 5) is 11.3. The standard InChI is InChI=1S/C13H27BrO3Si/c1-10(11(14)8-9-12(15)16-5)17-18(6,7)13(2,3)4/h10-11H,8-9H2,1-7H3. The number of hydrogen-bond acceptors (Lipinski definition) is 3. The molecule has 0 aromatic carbocycles. The zero-order valence-electron chi connectivity index (χ0n) is 12.7. The van der Waals surface area contributed by atoms with Gasteiger partial charge in [-0.15, -0.1) is 0 Å². The lowest BCUT2D eigenvalue weighted by atomic mass is 10.2. The molecule has 0 N–H and O–H groups in total. The van der Waals surface area contributed by atoms with Crippen LogP contribution in [0.25, 0.3) is 0 Å². The fraction of sp³-hybridized carbons (Fsp3) is 0.923. The van der Waals surface area contributed by atoms with Crippen molar-refractivity contribution in [3.63, 3.8) is 0 Å². The van der Waals surface area contributed by atoms with Gasteiger partial charge in [-0.05, 0) is 31.5 Å². The highest BCUT2D eigenvalue weighted by Crippen LogP contribution is 2.38. The summed E-state index contributed by atoms with van der Waals surface area (Å²) in [6, 6.07) is 0. The van der Waals surface area contributed by atoms with Gasteiger partial charge in [-0.25, -0.2) is 0 Å². The molecule has 5 heteroatoms. The lowest BCUT2D eigenvalue weighted by molar-refractivity contribution is -0.140. The Labute approximate surface area is 121 Å². The minimum absolute atomic E-state index is 0.107. The molecule has 0 aliphatic heterocycles. The van der Waals surface area contributed by atoms with E-state index < -0.39 is 8.32 Å². The van der Waals surface area contributed by atoms with E-state index in [9.17, 15) is 4.79 Å². The maximum absolute atomic E-state index is 11.1. The molecular formula is C13H27BrO3Si. The van der Waals surface area contributed by atoms with Crippen LogP contribution in [0.15, 0.2) is 0 Å². The molecule has 0 aromatic rings. The van der Waals surface area contributed by atoms with Gasteiger partial charge in [-0.1, -0.05) is 36.7 Å². The van der Waals surface area contributed by atoms with Crippen LogP contribution < -0.4 is 0 Å². The summed E-state index contributed by atoms with van der Waals surface area (Å²) in [5.74, 6) is -0.168. The number of esters is 1. The Hall–Kier alpha value is 0.127. The molecule has 2 unspecified atom stereocenters. The van der Waals surface area contributed by atoms with Crippen LogP contribution in [0, 0.1) is 0 Å². The summed E-state index contributed by atoms with van der Waals surface area (Å²) < 4.78 is 10.9. The minimum atomic E-state index is -1.74. The highest BCUT2D eigenvalue weighted by Gasteiger charge is 2.39. The maximum Gasteiger partial charge on any atom is 0.305 e. The van der Waals surface area contributed by atoms with Gasteiger partial charge in [0.1, 0.15) is 0 Å². The molecule has 2 atom stereocenters. The third-order valence-corrected chi connectivity index (χ3v) is 9.42. The molecule has 18 heavy (non-hydrogen) atoms. The summed E-state index contributed by atoms with van der Waals surface area (Å²) in [6.45, 7) is 13.2. The zero-order valence-corrected chi connectivity index (χ0v) is 15.3. The van der Waals surface area contributed by atoms with Gasteiger partial charge in [-0.3, -0.25) is 4.79 Å². The van der Waals surface area contributed by atoms with Gasteiger partial charge >= 0.3 is 5.97 Å². The molecule has 0 bridgehead atoms. The Kier molecular flexibility index (Phi) is 7.10. The molecule has 0 fully saturated rings. The Morgan fingerprint density at radius 2 is 1.83 bits per heavy atom. The van der Waals surface area contributed by atoms with Gasteiger partial charge in [0, 0.05) is 11.2 Å². The fourth-order valence-corrected chi connectivity index (χ4v) is 3.29. The number of carbonyl (C=O) groups excluding carboxylic acids is 1. The molecule has 108 valence electrons. The predicted molar refractivity (Wildman–Crippen MR) is 81.7 cm³/mol. The molecule has 0 saturated carbocycles. The van der Waals surface area contributed by atoms with E-state index in [1.165, 1.54) is 7.11 Å². The third kappa shape index (κ3) is 5.84. The van der Waals surface area contributed by atoms with Crippen LogP contribution in [-0.4, -0.2) is 32.3 Å². The second kappa shape index (κ2) is 7.06. The van der Waals surface area contributed by atoms with E-state index in [0.29, 0.717) is 6.42 Å². The third-order valence-electron chi connectivity index (χ3n) is 3.65. The van der Waals surface area contributed by atoms with Crippen LogP contribution in [0.3, 0.4) is 0 Å². The lowest BCUT2D eigenvalue weighted by Crippen LogP contribution is -2.45.